The maximum absolute atomic E-state index is 7.39. The molecule has 2 heteroatoms. The number of hydrogen-bond donors (Lipinski definition) is 0. The van der Waals surface area contributed by atoms with Crippen LogP contribution in [0.3, 0.4) is 0 Å². The van der Waals surface area contributed by atoms with Crippen LogP contribution < -0.4 is 0 Å². The average molecular weight is 191 g/mol. The van der Waals surface area contributed by atoms with E-state index in [2.05, 4.69) is 13.8 Å². The van der Waals surface area contributed by atoms with Gasteiger partial charge in [-0.15, -0.1) is 5.54 Å². The molecule has 0 aromatic carbocycles. The van der Waals surface area contributed by atoms with Gasteiger partial charge in [-0.05, 0) is 0 Å². The molecule has 0 rings (SSSR count). The van der Waals surface area contributed by atoms with Crippen LogP contribution in [0.25, 0.3) is 5.73 Å². The van der Waals surface area contributed by atoms with E-state index in [1.54, 1.807) is 0 Å². The normalized spacial score (nSPS) is 11.2. The summed E-state index contributed by atoms with van der Waals surface area (Å²) < 4.78 is 0. The van der Waals surface area contributed by atoms with E-state index < -0.39 is 0 Å². The quantitative estimate of drug-likeness (QED) is 0.608. The van der Waals surface area contributed by atoms with Crippen LogP contribution >= 0.6 is 0 Å². The molecule has 0 atom stereocenters. The molecule has 0 aromatic rings. The summed E-state index contributed by atoms with van der Waals surface area (Å²) in [5, 5.41) is 0. The van der Waals surface area contributed by atoms with Crippen molar-refractivity contribution in [2.45, 2.75) is 33.2 Å². The third-order valence-corrected chi connectivity index (χ3v) is 1.44. The number of rotatable bonds is 1. The van der Waals surface area contributed by atoms with Gasteiger partial charge in [0.1, 0.15) is 0 Å². The van der Waals surface area contributed by atoms with Crippen LogP contribution in [0.5, 0.6) is 0 Å². The number of nitrogens with one attached hydrogen (secondary N) is 1. The second kappa shape index (κ2) is 3.79. The maximum Gasteiger partial charge on any atom is 2.00 e. The largest absolute Gasteiger partial charge is 2.00 e. The van der Waals surface area contributed by atoms with Crippen molar-refractivity contribution < 1.29 is 26.2 Å². The first-order valence-electron chi connectivity index (χ1n) is 2.69. The molecule has 0 saturated carbocycles. The zero-order valence-corrected chi connectivity index (χ0v) is 8.54. The molecule has 0 saturated heterocycles. The Balaban J connectivity index is 0. The Morgan fingerprint density at radius 1 is 1.25 bits per heavy atom. The summed E-state index contributed by atoms with van der Waals surface area (Å²) in [4.78, 5) is 0. The Morgan fingerprint density at radius 3 is 1.38 bits per heavy atom. The summed E-state index contributed by atoms with van der Waals surface area (Å²) in [6.45, 7) is 7.98. The van der Waals surface area contributed by atoms with Gasteiger partial charge in [-0.1, -0.05) is 33.6 Å². The van der Waals surface area contributed by atoms with Crippen LogP contribution in [0.4, 0.5) is 0 Å². The Hall–Kier alpha value is 0.843. The van der Waals surface area contributed by atoms with E-state index in [1.165, 1.54) is 0 Å². The van der Waals surface area contributed by atoms with Gasteiger partial charge in [0, 0.05) is 0 Å². The summed E-state index contributed by atoms with van der Waals surface area (Å²) >= 11 is 0. The fraction of sp³-hybridized carbons (Fsp3) is 1.00. The van der Waals surface area contributed by atoms with Gasteiger partial charge in [0.2, 0.25) is 0 Å². The summed E-state index contributed by atoms with van der Waals surface area (Å²) in [6.07, 6.45) is 0. The fourth-order valence-corrected chi connectivity index (χ4v) is 0. The van der Waals surface area contributed by atoms with Gasteiger partial charge in [-0.3, -0.25) is 0 Å². The monoisotopic (exact) mass is 190 g/mol. The fourth-order valence-electron chi connectivity index (χ4n) is 0. The van der Waals surface area contributed by atoms with Gasteiger partial charge >= 0.3 is 26.2 Å². The van der Waals surface area contributed by atoms with E-state index in [4.69, 9.17) is 5.73 Å². The Labute approximate surface area is 71.2 Å². The van der Waals surface area contributed by atoms with Crippen molar-refractivity contribution in [2.24, 2.45) is 5.92 Å². The van der Waals surface area contributed by atoms with Crippen molar-refractivity contribution in [3.63, 3.8) is 0 Å². The summed E-state index contributed by atoms with van der Waals surface area (Å²) in [5.41, 5.74) is 7.14. The summed E-state index contributed by atoms with van der Waals surface area (Å²) in [5.74, 6) is 0.465. The Bertz CT molecular complexity index is 54.0. The molecule has 0 aliphatic carbocycles. The van der Waals surface area contributed by atoms with Crippen LogP contribution in [-0.2, 0) is 26.2 Å². The van der Waals surface area contributed by atoms with Crippen LogP contribution in [0, 0.1) is 5.92 Å². The van der Waals surface area contributed by atoms with Crippen LogP contribution in [-0.4, -0.2) is 5.54 Å². The average Bonchev–Trinajstić information content (AvgIpc) is 1.31. The predicted octanol–water partition coefficient (Wildman–Crippen LogP) is 2.47. The molecule has 0 bridgehead atoms. The molecule has 46 valence electrons. The molecule has 0 amide bonds. The van der Waals surface area contributed by atoms with Gasteiger partial charge in [-0.25, -0.2) is 0 Å². The van der Waals surface area contributed by atoms with E-state index in [1.807, 2.05) is 13.8 Å². The van der Waals surface area contributed by atoms with E-state index in [0.29, 0.717) is 5.92 Å². The second-order valence-electron chi connectivity index (χ2n) is 2.88. The topological polar surface area (TPSA) is 23.8 Å². The smallest absolute Gasteiger partial charge is 0.672 e. The molecule has 1 nitrogen and oxygen atoms in total. The van der Waals surface area contributed by atoms with Crippen LogP contribution in [0.1, 0.15) is 27.7 Å². The molecule has 1 N–H and O–H groups in total. The van der Waals surface area contributed by atoms with Crippen molar-refractivity contribution in [1.82, 2.24) is 0 Å². The standard InChI is InChI=1S/C6H14N.Zr/c1-5(2)6(3,4)7;/h5,7H,1-4H3;/q-1;+2. The number of hydrogen-bond acceptors (Lipinski definition) is 0. The molecule has 0 aliphatic rings. The molecule has 0 spiro atoms. The molecular formula is C6H14NZr+. The molecular weight excluding hydrogens is 177 g/mol. The van der Waals surface area contributed by atoms with Crippen LogP contribution in [0.15, 0.2) is 0 Å². The molecule has 0 fully saturated rings. The van der Waals surface area contributed by atoms with Crippen molar-refractivity contribution in [2.75, 3.05) is 0 Å². The Kier molecular flexibility index (Phi) is 5.50. The minimum atomic E-state index is -0.250. The van der Waals surface area contributed by atoms with E-state index in [0.717, 1.165) is 0 Å². The van der Waals surface area contributed by atoms with Crippen molar-refractivity contribution in [3.05, 3.63) is 5.73 Å². The zero-order chi connectivity index (χ0) is 6.08. The molecule has 0 aromatic heterocycles. The zero-order valence-electron chi connectivity index (χ0n) is 6.08. The van der Waals surface area contributed by atoms with Gasteiger partial charge < -0.3 is 5.73 Å². The molecule has 0 unspecified atom stereocenters. The van der Waals surface area contributed by atoms with Gasteiger partial charge in [0.25, 0.3) is 0 Å². The minimum absolute atomic E-state index is 0. The van der Waals surface area contributed by atoms with Gasteiger partial charge in [0.15, 0.2) is 0 Å². The first-order valence-corrected chi connectivity index (χ1v) is 2.69. The van der Waals surface area contributed by atoms with Gasteiger partial charge in [0.05, 0.1) is 0 Å². The van der Waals surface area contributed by atoms with E-state index in [9.17, 15) is 0 Å². The predicted molar refractivity (Wildman–Crippen MR) is 33.2 cm³/mol. The maximum atomic E-state index is 7.39. The molecule has 0 heterocycles. The van der Waals surface area contributed by atoms with Crippen molar-refractivity contribution >= 4 is 0 Å². The minimum Gasteiger partial charge on any atom is -0.672 e. The first-order chi connectivity index (χ1) is 2.94. The van der Waals surface area contributed by atoms with Crippen LogP contribution in [0.2, 0.25) is 0 Å². The Morgan fingerprint density at radius 2 is 1.38 bits per heavy atom. The van der Waals surface area contributed by atoms with Crippen molar-refractivity contribution in [3.8, 4) is 0 Å². The summed E-state index contributed by atoms with van der Waals surface area (Å²) in [7, 11) is 0. The summed E-state index contributed by atoms with van der Waals surface area (Å²) in [6, 6.07) is 0. The molecule has 0 radical (unpaired) electrons. The molecule has 0 aliphatic heterocycles. The van der Waals surface area contributed by atoms with E-state index in [-0.39, 0.29) is 31.7 Å². The SMILES string of the molecule is CC(C)C(C)(C)[NH-].[Zr+2]. The third-order valence-electron chi connectivity index (χ3n) is 1.44. The molecule has 8 heavy (non-hydrogen) atoms. The van der Waals surface area contributed by atoms with E-state index >= 15 is 0 Å². The van der Waals surface area contributed by atoms with Crippen molar-refractivity contribution in [1.29, 1.82) is 0 Å². The van der Waals surface area contributed by atoms with Gasteiger partial charge in [-0.2, -0.15) is 0 Å². The third kappa shape index (κ3) is 4.99. The second-order valence-corrected chi connectivity index (χ2v) is 2.88. The first kappa shape index (κ1) is 11.6.